The van der Waals surface area contributed by atoms with Crippen molar-refractivity contribution in [2.24, 2.45) is 5.92 Å². The highest BCUT2D eigenvalue weighted by Crippen LogP contribution is 2.32. The fourth-order valence-corrected chi connectivity index (χ4v) is 6.03. The van der Waals surface area contributed by atoms with Crippen LogP contribution in [-0.4, -0.2) is 122 Å². The standard InChI is InChI=1S/C33H49N5O6/c1-35(24-31(41-2)42-3)30(39)12-20-43-19-11-26-4-6-27(7-5-26)22-36-16-13-33(14-17-36)25-37(18-21-44-33)32(40)29-10-15-38(34-29)23-28-8-9-28/h4-7,10,15,28,31H,8-9,11-14,16-25H2,1-3H3. The van der Waals surface area contributed by atoms with E-state index < -0.39 is 6.29 Å². The zero-order valence-corrected chi connectivity index (χ0v) is 26.6. The van der Waals surface area contributed by atoms with E-state index in [1.165, 1.54) is 24.0 Å². The van der Waals surface area contributed by atoms with E-state index in [1.807, 2.05) is 21.8 Å². The van der Waals surface area contributed by atoms with Crippen molar-refractivity contribution in [1.82, 2.24) is 24.5 Å². The van der Waals surface area contributed by atoms with Crippen molar-refractivity contribution in [3.63, 3.8) is 0 Å². The molecule has 3 fully saturated rings. The van der Waals surface area contributed by atoms with Gasteiger partial charge in [-0.1, -0.05) is 24.3 Å². The molecule has 5 rings (SSSR count). The molecule has 0 radical (unpaired) electrons. The summed E-state index contributed by atoms with van der Waals surface area (Å²) in [5.41, 5.74) is 2.79. The third-order valence-corrected chi connectivity index (χ3v) is 9.10. The molecule has 0 unspecified atom stereocenters. The number of rotatable bonds is 15. The number of likely N-dealkylation sites (N-methyl/N-ethyl adjacent to an activating group) is 1. The molecule has 242 valence electrons. The van der Waals surface area contributed by atoms with E-state index >= 15 is 0 Å². The molecule has 2 saturated heterocycles. The Balaban J connectivity index is 0.990. The molecule has 1 aromatic heterocycles. The summed E-state index contributed by atoms with van der Waals surface area (Å²) in [5.74, 6) is 0.756. The van der Waals surface area contributed by atoms with Crippen LogP contribution in [0.4, 0.5) is 0 Å². The molecule has 2 amide bonds. The lowest BCUT2D eigenvalue weighted by molar-refractivity contribution is -0.143. The van der Waals surface area contributed by atoms with Gasteiger partial charge in [-0.25, -0.2) is 0 Å². The first-order valence-electron chi connectivity index (χ1n) is 16.0. The topological polar surface area (TPSA) is 98.6 Å². The van der Waals surface area contributed by atoms with Crippen LogP contribution in [-0.2, 0) is 43.3 Å². The predicted molar refractivity (Wildman–Crippen MR) is 165 cm³/mol. The lowest BCUT2D eigenvalue weighted by atomic mass is 9.89. The first-order chi connectivity index (χ1) is 21.4. The number of likely N-dealkylation sites (tertiary alicyclic amines) is 1. The molecule has 2 aliphatic heterocycles. The van der Waals surface area contributed by atoms with Crippen molar-refractivity contribution in [2.45, 2.75) is 63.5 Å². The number of nitrogens with zero attached hydrogens (tertiary/aromatic N) is 5. The average molecular weight is 612 g/mol. The van der Waals surface area contributed by atoms with Crippen molar-refractivity contribution in [2.75, 3.05) is 73.8 Å². The molecule has 3 heterocycles. The van der Waals surface area contributed by atoms with Gasteiger partial charge < -0.3 is 28.7 Å². The molecule has 1 spiro atoms. The second-order valence-corrected chi connectivity index (χ2v) is 12.5. The van der Waals surface area contributed by atoms with Crippen LogP contribution in [0.1, 0.15) is 53.7 Å². The average Bonchev–Trinajstić information content (AvgIpc) is 3.74. The van der Waals surface area contributed by atoms with Crippen LogP contribution in [0, 0.1) is 5.92 Å². The number of aromatic nitrogens is 2. The maximum atomic E-state index is 13.2. The highest BCUT2D eigenvalue weighted by molar-refractivity contribution is 5.92. The van der Waals surface area contributed by atoms with Gasteiger partial charge in [0.05, 0.1) is 44.9 Å². The zero-order valence-electron chi connectivity index (χ0n) is 26.6. The number of carbonyl (C=O) groups is 2. The Morgan fingerprint density at radius 3 is 2.48 bits per heavy atom. The highest BCUT2D eigenvalue weighted by atomic mass is 16.7. The minimum absolute atomic E-state index is 0.00450. The van der Waals surface area contributed by atoms with Crippen LogP contribution < -0.4 is 0 Å². The van der Waals surface area contributed by atoms with E-state index in [2.05, 4.69) is 34.3 Å². The minimum Gasteiger partial charge on any atom is -0.381 e. The van der Waals surface area contributed by atoms with Gasteiger partial charge in [-0.05, 0) is 55.2 Å². The van der Waals surface area contributed by atoms with E-state index in [1.54, 1.807) is 26.2 Å². The first kappa shape index (κ1) is 32.6. The smallest absolute Gasteiger partial charge is 0.274 e. The quantitative estimate of drug-likeness (QED) is 0.224. The summed E-state index contributed by atoms with van der Waals surface area (Å²) < 4.78 is 24.3. The Morgan fingerprint density at radius 2 is 1.77 bits per heavy atom. The first-order valence-corrected chi connectivity index (χ1v) is 16.0. The predicted octanol–water partition coefficient (Wildman–Crippen LogP) is 2.83. The van der Waals surface area contributed by atoms with E-state index in [-0.39, 0.29) is 17.4 Å². The van der Waals surface area contributed by atoms with Gasteiger partial charge in [0.25, 0.3) is 5.91 Å². The lowest BCUT2D eigenvalue weighted by Gasteiger charge is -2.47. The molecular weight excluding hydrogens is 562 g/mol. The van der Waals surface area contributed by atoms with E-state index in [4.69, 9.17) is 18.9 Å². The number of ether oxygens (including phenoxy) is 4. The number of methoxy groups -OCH3 is 2. The van der Waals surface area contributed by atoms with Crippen LogP contribution in [0.5, 0.6) is 0 Å². The Morgan fingerprint density at radius 1 is 1.05 bits per heavy atom. The normalized spacial score (nSPS) is 18.7. The van der Waals surface area contributed by atoms with Gasteiger partial charge in [0.1, 0.15) is 5.69 Å². The molecule has 44 heavy (non-hydrogen) atoms. The molecule has 1 aliphatic carbocycles. The van der Waals surface area contributed by atoms with Crippen LogP contribution in [0.25, 0.3) is 0 Å². The number of morpholine rings is 1. The van der Waals surface area contributed by atoms with E-state index in [0.717, 1.165) is 51.4 Å². The number of piperidine rings is 1. The van der Waals surface area contributed by atoms with E-state index in [0.29, 0.717) is 51.6 Å². The van der Waals surface area contributed by atoms with Crippen molar-refractivity contribution in [1.29, 1.82) is 0 Å². The SMILES string of the molecule is COC(CN(C)C(=O)CCOCCc1ccc(CN2CCC3(CC2)CN(C(=O)c2ccn(CC4CC4)n2)CCO3)cc1)OC. The largest absolute Gasteiger partial charge is 0.381 e. The maximum absolute atomic E-state index is 13.2. The molecule has 2 aromatic rings. The Hall–Kier alpha value is -2.83. The van der Waals surface area contributed by atoms with Gasteiger partial charge >= 0.3 is 0 Å². The summed E-state index contributed by atoms with van der Waals surface area (Å²) in [7, 11) is 4.86. The van der Waals surface area contributed by atoms with Crippen LogP contribution in [0.15, 0.2) is 36.5 Å². The fraction of sp³-hybridized carbons (Fsp3) is 0.667. The summed E-state index contributed by atoms with van der Waals surface area (Å²) in [6.07, 6.45) is 7.02. The molecule has 11 heteroatoms. The van der Waals surface area contributed by atoms with Gasteiger partial charge in [-0.2, -0.15) is 5.10 Å². The summed E-state index contributed by atoms with van der Waals surface area (Å²) in [6.45, 7) is 6.90. The molecule has 1 aromatic carbocycles. The molecule has 0 atom stereocenters. The fourth-order valence-electron chi connectivity index (χ4n) is 6.03. The molecular formula is C33H49N5O6. The number of benzene rings is 1. The van der Waals surface area contributed by atoms with Crippen molar-refractivity contribution in [3.05, 3.63) is 53.3 Å². The van der Waals surface area contributed by atoms with Gasteiger partial charge in [0.15, 0.2) is 6.29 Å². The second-order valence-electron chi connectivity index (χ2n) is 12.5. The summed E-state index contributed by atoms with van der Waals surface area (Å²) in [4.78, 5) is 31.5. The third kappa shape index (κ3) is 9.10. The third-order valence-electron chi connectivity index (χ3n) is 9.10. The Bertz CT molecular complexity index is 1200. The van der Waals surface area contributed by atoms with Crippen LogP contribution >= 0.6 is 0 Å². The zero-order chi connectivity index (χ0) is 30.9. The summed E-state index contributed by atoms with van der Waals surface area (Å²) in [5, 5.41) is 4.56. The minimum atomic E-state index is -0.424. The summed E-state index contributed by atoms with van der Waals surface area (Å²) in [6, 6.07) is 10.6. The number of hydrogen-bond acceptors (Lipinski definition) is 8. The van der Waals surface area contributed by atoms with Crippen molar-refractivity contribution >= 4 is 11.8 Å². The molecule has 11 nitrogen and oxygen atoms in total. The van der Waals surface area contributed by atoms with Crippen molar-refractivity contribution < 1.29 is 28.5 Å². The number of hydrogen-bond donors (Lipinski definition) is 0. The number of carbonyl (C=O) groups excluding carboxylic acids is 2. The van der Waals surface area contributed by atoms with Crippen molar-refractivity contribution in [3.8, 4) is 0 Å². The Kier molecular flexibility index (Phi) is 11.4. The summed E-state index contributed by atoms with van der Waals surface area (Å²) >= 11 is 0. The van der Waals surface area contributed by atoms with Gasteiger partial charge in [-0.3, -0.25) is 19.2 Å². The maximum Gasteiger partial charge on any atom is 0.274 e. The molecule has 0 bridgehead atoms. The molecule has 0 N–H and O–H groups in total. The number of amides is 2. The van der Waals surface area contributed by atoms with Gasteiger partial charge in [-0.15, -0.1) is 0 Å². The Labute approximate surface area is 261 Å². The lowest BCUT2D eigenvalue weighted by Crippen LogP contribution is -2.58. The molecule has 3 aliphatic rings. The van der Waals surface area contributed by atoms with Crippen LogP contribution in [0.3, 0.4) is 0 Å². The van der Waals surface area contributed by atoms with Crippen LogP contribution in [0.2, 0.25) is 0 Å². The highest BCUT2D eigenvalue weighted by Gasteiger charge is 2.41. The van der Waals surface area contributed by atoms with E-state index in [9.17, 15) is 9.59 Å². The molecule has 1 saturated carbocycles. The monoisotopic (exact) mass is 611 g/mol. The van der Waals surface area contributed by atoms with Gasteiger partial charge in [0.2, 0.25) is 5.91 Å². The van der Waals surface area contributed by atoms with Gasteiger partial charge in [0, 0.05) is 60.2 Å². The second kappa shape index (κ2) is 15.4.